The summed E-state index contributed by atoms with van der Waals surface area (Å²) in [6.07, 6.45) is 1.36. The third-order valence-corrected chi connectivity index (χ3v) is 5.04. The zero-order valence-corrected chi connectivity index (χ0v) is 15.9. The van der Waals surface area contributed by atoms with Gasteiger partial charge in [0.2, 0.25) is 5.91 Å². The van der Waals surface area contributed by atoms with Gasteiger partial charge in [-0.3, -0.25) is 19.2 Å². The zero-order chi connectivity index (χ0) is 20.5. The predicted molar refractivity (Wildman–Crippen MR) is 110 cm³/mol. The van der Waals surface area contributed by atoms with Crippen LogP contribution in [0.5, 0.6) is 0 Å². The maximum absolute atomic E-state index is 12.7. The molecule has 2 N–H and O–H groups in total. The third-order valence-electron chi connectivity index (χ3n) is 5.04. The Morgan fingerprint density at radius 2 is 1.97 bits per heavy atom. The van der Waals surface area contributed by atoms with Crippen LogP contribution in [0, 0.1) is 0 Å². The molecule has 1 saturated heterocycles. The number of carbonyl (C=O) groups is 2. The molecule has 8 nitrogen and oxygen atoms in total. The van der Waals surface area contributed by atoms with Crippen LogP contribution in [0.2, 0.25) is 0 Å². The lowest BCUT2D eigenvalue weighted by atomic mass is 10.1. The summed E-state index contributed by atoms with van der Waals surface area (Å²) >= 11 is 0. The molecule has 148 valence electrons. The number of aryl methyl sites for hydroxylation is 1. The Hall–Kier alpha value is -3.68. The molecule has 1 aromatic heterocycles. The van der Waals surface area contributed by atoms with E-state index < -0.39 is 11.1 Å². The van der Waals surface area contributed by atoms with Crippen molar-refractivity contribution in [3.63, 3.8) is 0 Å². The Kier molecular flexibility index (Phi) is 4.75. The summed E-state index contributed by atoms with van der Waals surface area (Å²) in [7, 11) is 0. The van der Waals surface area contributed by atoms with Crippen molar-refractivity contribution < 1.29 is 9.59 Å². The number of aromatic nitrogens is 2. The predicted octanol–water partition coefficient (Wildman–Crippen LogP) is 2.09. The average Bonchev–Trinajstić information content (AvgIpc) is 3.15. The lowest BCUT2D eigenvalue weighted by molar-refractivity contribution is -0.117. The van der Waals surface area contributed by atoms with Crippen molar-refractivity contribution in [3.05, 3.63) is 68.7 Å². The number of hydrogen-bond acceptors (Lipinski definition) is 4. The van der Waals surface area contributed by atoms with E-state index in [9.17, 15) is 19.2 Å². The van der Waals surface area contributed by atoms with E-state index in [0.29, 0.717) is 41.8 Å². The van der Waals surface area contributed by atoms with Crippen molar-refractivity contribution in [1.82, 2.24) is 9.55 Å². The van der Waals surface area contributed by atoms with Crippen LogP contribution in [0.3, 0.4) is 0 Å². The van der Waals surface area contributed by atoms with E-state index in [1.54, 1.807) is 48.2 Å². The number of H-pyrrole nitrogens is 1. The van der Waals surface area contributed by atoms with E-state index in [1.165, 1.54) is 4.57 Å². The van der Waals surface area contributed by atoms with Crippen LogP contribution < -0.4 is 21.3 Å². The number of nitrogens with one attached hydrogen (secondary N) is 2. The van der Waals surface area contributed by atoms with Crippen molar-refractivity contribution in [2.24, 2.45) is 0 Å². The summed E-state index contributed by atoms with van der Waals surface area (Å²) in [6, 6.07) is 11.9. The molecule has 4 rings (SSSR count). The van der Waals surface area contributed by atoms with Crippen molar-refractivity contribution in [2.45, 2.75) is 26.3 Å². The van der Waals surface area contributed by atoms with Crippen LogP contribution in [0.1, 0.15) is 30.1 Å². The molecular weight excluding hydrogens is 372 g/mol. The first kappa shape index (κ1) is 18.7. The lowest BCUT2D eigenvalue weighted by Gasteiger charge is -2.17. The Morgan fingerprint density at radius 1 is 1.14 bits per heavy atom. The summed E-state index contributed by atoms with van der Waals surface area (Å²) in [5, 5.41) is 2.82. The molecule has 0 spiro atoms. The summed E-state index contributed by atoms with van der Waals surface area (Å²) in [5.41, 5.74) is 1.30. The second-order valence-electron chi connectivity index (χ2n) is 6.89. The van der Waals surface area contributed by atoms with Gasteiger partial charge in [-0.15, -0.1) is 0 Å². The van der Waals surface area contributed by atoms with Crippen molar-refractivity contribution in [1.29, 1.82) is 0 Å². The molecule has 2 amide bonds. The van der Waals surface area contributed by atoms with Gasteiger partial charge < -0.3 is 19.8 Å². The van der Waals surface area contributed by atoms with E-state index in [-0.39, 0.29) is 11.8 Å². The number of amides is 2. The molecule has 2 aromatic carbocycles. The highest BCUT2D eigenvalue weighted by atomic mass is 16.2. The molecule has 3 aromatic rings. The lowest BCUT2D eigenvalue weighted by Crippen LogP contribution is -2.36. The largest absolute Gasteiger partial charge is 0.322 e. The van der Waals surface area contributed by atoms with E-state index in [4.69, 9.17) is 0 Å². The molecule has 29 heavy (non-hydrogen) atoms. The highest BCUT2D eigenvalue weighted by Gasteiger charge is 2.22. The van der Waals surface area contributed by atoms with Crippen molar-refractivity contribution >= 4 is 34.2 Å². The van der Waals surface area contributed by atoms with Crippen LogP contribution in [0.25, 0.3) is 11.0 Å². The molecule has 0 atom stereocenters. The second-order valence-corrected chi connectivity index (χ2v) is 6.89. The maximum Gasteiger partial charge on any atom is 0.316 e. The van der Waals surface area contributed by atoms with Gasteiger partial charge in [-0.05, 0) is 49.7 Å². The fraction of sp³-hybridized carbons (Fsp3) is 0.238. The summed E-state index contributed by atoms with van der Waals surface area (Å²) in [6.45, 7) is 2.80. The zero-order valence-electron chi connectivity index (χ0n) is 15.9. The molecule has 0 radical (unpaired) electrons. The summed E-state index contributed by atoms with van der Waals surface area (Å²) < 4.78 is 1.37. The highest BCUT2D eigenvalue weighted by molar-refractivity contribution is 6.06. The van der Waals surface area contributed by atoms with E-state index in [1.807, 2.05) is 6.07 Å². The first-order valence-corrected chi connectivity index (χ1v) is 9.46. The Morgan fingerprint density at radius 3 is 2.69 bits per heavy atom. The number of rotatable bonds is 4. The van der Waals surface area contributed by atoms with Gasteiger partial charge >= 0.3 is 11.1 Å². The third kappa shape index (κ3) is 3.44. The maximum atomic E-state index is 12.7. The summed E-state index contributed by atoms with van der Waals surface area (Å²) in [5.74, 6) is -0.277. The van der Waals surface area contributed by atoms with Gasteiger partial charge in [0.05, 0.1) is 11.0 Å². The topological polar surface area (TPSA) is 104 Å². The van der Waals surface area contributed by atoms with Gasteiger partial charge in [0, 0.05) is 36.4 Å². The van der Waals surface area contributed by atoms with E-state index in [2.05, 4.69) is 10.3 Å². The van der Waals surface area contributed by atoms with Crippen LogP contribution >= 0.6 is 0 Å². The van der Waals surface area contributed by atoms with Gasteiger partial charge in [0.15, 0.2) is 0 Å². The first-order chi connectivity index (χ1) is 14.0. The van der Waals surface area contributed by atoms with Crippen molar-refractivity contribution in [2.75, 3.05) is 16.8 Å². The number of anilines is 2. The van der Waals surface area contributed by atoms with Crippen LogP contribution in [0.4, 0.5) is 11.4 Å². The SMILES string of the molecule is CCn1c(=O)c(=O)[nH]c2cc(C(=O)Nc3cccc(N4CCCC4=O)c3)ccc21. The molecule has 8 heteroatoms. The van der Waals surface area contributed by atoms with E-state index >= 15 is 0 Å². The minimum absolute atomic E-state index is 0.0777. The van der Waals surface area contributed by atoms with Gasteiger partial charge in [-0.1, -0.05) is 6.07 Å². The Labute approximate surface area is 165 Å². The van der Waals surface area contributed by atoms with Gasteiger partial charge in [-0.25, -0.2) is 0 Å². The first-order valence-electron chi connectivity index (χ1n) is 9.46. The minimum atomic E-state index is -0.722. The summed E-state index contributed by atoms with van der Waals surface area (Å²) in [4.78, 5) is 52.7. The number of aromatic amines is 1. The molecule has 0 aliphatic carbocycles. The number of benzene rings is 2. The van der Waals surface area contributed by atoms with Crippen molar-refractivity contribution in [3.8, 4) is 0 Å². The molecule has 1 fully saturated rings. The molecule has 2 heterocycles. The molecule has 1 aliphatic rings. The second kappa shape index (κ2) is 7.38. The molecule has 0 unspecified atom stereocenters. The Balaban J connectivity index is 1.63. The molecule has 0 saturated carbocycles. The highest BCUT2D eigenvalue weighted by Crippen LogP contribution is 2.24. The van der Waals surface area contributed by atoms with E-state index in [0.717, 1.165) is 12.1 Å². The minimum Gasteiger partial charge on any atom is -0.322 e. The van der Waals surface area contributed by atoms with Gasteiger partial charge in [0.1, 0.15) is 0 Å². The molecule has 0 bridgehead atoms. The molecular formula is C21H20N4O4. The fourth-order valence-corrected chi connectivity index (χ4v) is 3.61. The average molecular weight is 392 g/mol. The number of carbonyl (C=O) groups excluding carboxylic acids is 2. The quantitative estimate of drug-likeness (QED) is 0.664. The van der Waals surface area contributed by atoms with Crippen LogP contribution in [-0.2, 0) is 11.3 Å². The normalized spacial score (nSPS) is 13.8. The number of fused-ring (bicyclic) bond motifs is 1. The van der Waals surface area contributed by atoms with Crippen LogP contribution in [0.15, 0.2) is 52.1 Å². The van der Waals surface area contributed by atoms with Gasteiger partial charge in [0.25, 0.3) is 5.91 Å². The smallest absolute Gasteiger partial charge is 0.316 e. The number of hydrogen-bond donors (Lipinski definition) is 2. The van der Waals surface area contributed by atoms with Crippen LogP contribution in [-0.4, -0.2) is 27.9 Å². The van der Waals surface area contributed by atoms with Gasteiger partial charge in [-0.2, -0.15) is 0 Å². The Bertz CT molecular complexity index is 1240. The molecule has 1 aliphatic heterocycles. The fourth-order valence-electron chi connectivity index (χ4n) is 3.61. The monoisotopic (exact) mass is 392 g/mol. The number of nitrogens with zero attached hydrogens (tertiary/aromatic N) is 2. The standard InChI is InChI=1S/C21H20N4O4/c1-2-24-17-9-8-13(11-16(17)23-20(28)21(24)29)19(27)22-14-5-3-6-15(12-14)25-10-4-7-18(25)26/h3,5-6,8-9,11-12H,2,4,7,10H2,1H3,(H,22,27)(H,23,28).